The Balaban J connectivity index is 1.39. The molecule has 6 heteroatoms. The molecule has 1 aromatic heterocycles. The van der Waals surface area contributed by atoms with Crippen molar-refractivity contribution in [1.29, 1.82) is 0 Å². The second kappa shape index (κ2) is 10.0. The molecule has 0 bridgehead atoms. The van der Waals surface area contributed by atoms with Gasteiger partial charge in [-0.1, -0.05) is 36.8 Å². The fourth-order valence-corrected chi connectivity index (χ4v) is 4.55. The maximum Gasteiger partial charge on any atom is 0.223 e. The normalized spacial score (nSPS) is 19.6. The molecule has 2 aliphatic rings. The SMILES string of the molecule is COc1nc(-c2ccccc2)nc2c1CCC(C(=O)NCCN1CCCCC1)CC2. The molecular formula is C24H32N4O2. The quantitative estimate of drug-likeness (QED) is 0.743. The molecule has 0 radical (unpaired) electrons. The van der Waals surface area contributed by atoms with Gasteiger partial charge >= 0.3 is 0 Å². The molecule has 30 heavy (non-hydrogen) atoms. The fraction of sp³-hybridized carbons (Fsp3) is 0.542. The van der Waals surface area contributed by atoms with Gasteiger partial charge < -0.3 is 15.0 Å². The van der Waals surface area contributed by atoms with Crippen LogP contribution in [0.5, 0.6) is 5.88 Å². The summed E-state index contributed by atoms with van der Waals surface area (Å²) in [6.45, 7) is 4.02. The highest BCUT2D eigenvalue weighted by molar-refractivity contribution is 5.78. The number of rotatable bonds is 6. The van der Waals surface area contributed by atoms with Crippen LogP contribution in [0.15, 0.2) is 30.3 Å². The van der Waals surface area contributed by atoms with E-state index in [9.17, 15) is 4.79 Å². The highest BCUT2D eigenvalue weighted by atomic mass is 16.5. The van der Waals surface area contributed by atoms with Gasteiger partial charge in [-0.2, -0.15) is 4.98 Å². The van der Waals surface area contributed by atoms with Crippen molar-refractivity contribution in [2.75, 3.05) is 33.3 Å². The first kappa shape index (κ1) is 20.8. The molecule has 160 valence electrons. The molecule has 0 spiro atoms. The summed E-state index contributed by atoms with van der Waals surface area (Å²) >= 11 is 0. The Morgan fingerprint density at radius 2 is 1.87 bits per heavy atom. The van der Waals surface area contributed by atoms with Gasteiger partial charge in [-0.3, -0.25) is 4.79 Å². The Morgan fingerprint density at radius 1 is 1.10 bits per heavy atom. The zero-order valence-electron chi connectivity index (χ0n) is 17.9. The van der Waals surface area contributed by atoms with Crippen LogP contribution in [0, 0.1) is 5.92 Å². The van der Waals surface area contributed by atoms with E-state index in [-0.39, 0.29) is 11.8 Å². The van der Waals surface area contributed by atoms with Crippen molar-refractivity contribution in [3.63, 3.8) is 0 Å². The standard InChI is InChI=1S/C24H32N4O2/c1-30-24-20-12-10-19(23(29)25-14-17-28-15-6-3-7-16-28)11-13-21(20)26-22(27-24)18-8-4-2-5-9-18/h2,4-5,8-9,19H,3,6-7,10-17H2,1H3,(H,25,29). The van der Waals surface area contributed by atoms with E-state index in [1.54, 1.807) is 7.11 Å². The number of fused-ring (bicyclic) bond motifs is 1. The molecular weight excluding hydrogens is 376 g/mol. The molecule has 1 saturated heterocycles. The number of ether oxygens (including phenoxy) is 1. The Morgan fingerprint density at radius 3 is 2.63 bits per heavy atom. The highest BCUT2D eigenvalue weighted by Gasteiger charge is 2.26. The van der Waals surface area contributed by atoms with Crippen molar-refractivity contribution in [3.05, 3.63) is 41.6 Å². The lowest BCUT2D eigenvalue weighted by atomic mass is 9.99. The predicted molar refractivity (Wildman–Crippen MR) is 117 cm³/mol. The average Bonchev–Trinajstić information content (AvgIpc) is 3.02. The van der Waals surface area contributed by atoms with Gasteiger partial charge in [0.1, 0.15) is 0 Å². The number of piperidine rings is 1. The van der Waals surface area contributed by atoms with Crippen molar-refractivity contribution in [2.45, 2.75) is 44.9 Å². The average molecular weight is 409 g/mol. The summed E-state index contributed by atoms with van der Waals surface area (Å²) in [7, 11) is 1.66. The van der Waals surface area contributed by atoms with E-state index < -0.39 is 0 Å². The van der Waals surface area contributed by atoms with Crippen molar-refractivity contribution in [1.82, 2.24) is 20.2 Å². The molecule has 1 N–H and O–H groups in total. The number of nitrogens with one attached hydrogen (secondary N) is 1. The summed E-state index contributed by atoms with van der Waals surface area (Å²) < 4.78 is 5.60. The Bertz CT molecular complexity index is 850. The Labute approximate surface area is 179 Å². The summed E-state index contributed by atoms with van der Waals surface area (Å²) in [5, 5.41) is 3.17. The Hall–Kier alpha value is -2.47. The number of likely N-dealkylation sites (tertiary alicyclic amines) is 1. The zero-order chi connectivity index (χ0) is 20.8. The van der Waals surface area contributed by atoms with Crippen LogP contribution in [-0.4, -0.2) is 54.1 Å². The van der Waals surface area contributed by atoms with E-state index in [1.807, 2.05) is 30.3 Å². The number of aryl methyl sites for hydroxylation is 1. The number of methoxy groups -OCH3 is 1. The van der Waals surface area contributed by atoms with E-state index in [2.05, 4.69) is 15.2 Å². The molecule has 1 aromatic carbocycles. The molecule has 4 rings (SSSR count). The Kier molecular flexibility index (Phi) is 6.95. The molecule has 6 nitrogen and oxygen atoms in total. The number of nitrogens with zero attached hydrogens (tertiary/aromatic N) is 3. The largest absolute Gasteiger partial charge is 0.481 e. The van der Waals surface area contributed by atoms with Crippen molar-refractivity contribution < 1.29 is 9.53 Å². The number of hydrogen-bond acceptors (Lipinski definition) is 5. The fourth-order valence-electron chi connectivity index (χ4n) is 4.55. The van der Waals surface area contributed by atoms with E-state index >= 15 is 0 Å². The molecule has 1 amide bonds. The minimum absolute atomic E-state index is 0.0189. The molecule has 2 aromatic rings. The van der Waals surface area contributed by atoms with Crippen molar-refractivity contribution in [3.8, 4) is 17.3 Å². The van der Waals surface area contributed by atoms with Crippen LogP contribution in [0.3, 0.4) is 0 Å². The molecule has 1 aliphatic heterocycles. The summed E-state index contributed by atoms with van der Waals surface area (Å²) in [4.78, 5) is 24.7. The third-order valence-corrected chi connectivity index (χ3v) is 6.30. The van der Waals surface area contributed by atoms with Gasteiger partial charge in [0, 0.05) is 30.1 Å². The molecule has 1 atom stereocenters. The van der Waals surface area contributed by atoms with Gasteiger partial charge in [0.25, 0.3) is 0 Å². The maximum atomic E-state index is 12.8. The molecule has 2 heterocycles. The van der Waals surface area contributed by atoms with Crippen LogP contribution in [0.25, 0.3) is 11.4 Å². The number of aromatic nitrogens is 2. The zero-order valence-corrected chi connectivity index (χ0v) is 17.9. The molecule has 1 unspecified atom stereocenters. The smallest absolute Gasteiger partial charge is 0.223 e. The minimum atomic E-state index is 0.0189. The molecule has 1 aliphatic carbocycles. The summed E-state index contributed by atoms with van der Waals surface area (Å²) in [5.74, 6) is 1.53. The van der Waals surface area contributed by atoms with Gasteiger partial charge in [-0.25, -0.2) is 4.98 Å². The summed E-state index contributed by atoms with van der Waals surface area (Å²) in [6.07, 6.45) is 7.08. The highest BCUT2D eigenvalue weighted by Crippen LogP contribution is 2.31. The van der Waals surface area contributed by atoms with Gasteiger partial charge in [-0.05, 0) is 51.6 Å². The molecule has 0 saturated carbocycles. The van der Waals surface area contributed by atoms with Crippen LogP contribution in [0.1, 0.15) is 43.4 Å². The first-order valence-electron chi connectivity index (χ1n) is 11.2. The topological polar surface area (TPSA) is 67.3 Å². The monoisotopic (exact) mass is 408 g/mol. The lowest BCUT2D eigenvalue weighted by Gasteiger charge is -2.26. The first-order valence-corrected chi connectivity index (χ1v) is 11.2. The van der Waals surface area contributed by atoms with Gasteiger partial charge in [0.05, 0.1) is 12.8 Å². The molecule has 1 fully saturated rings. The number of carbonyl (C=O) groups is 1. The third kappa shape index (κ3) is 4.98. The van der Waals surface area contributed by atoms with Crippen LogP contribution >= 0.6 is 0 Å². The van der Waals surface area contributed by atoms with Crippen molar-refractivity contribution in [2.24, 2.45) is 5.92 Å². The lowest BCUT2D eigenvalue weighted by molar-refractivity contribution is -0.125. The second-order valence-corrected chi connectivity index (χ2v) is 8.32. The van der Waals surface area contributed by atoms with E-state index in [1.165, 1.54) is 19.3 Å². The summed E-state index contributed by atoms with van der Waals surface area (Å²) in [6, 6.07) is 9.98. The van der Waals surface area contributed by atoms with Gasteiger partial charge in [0.15, 0.2) is 5.82 Å². The van der Waals surface area contributed by atoms with Crippen LogP contribution in [0.4, 0.5) is 0 Å². The van der Waals surface area contributed by atoms with Crippen molar-refractivity contribution >= 4 is 5.91 Å². The number of amides is 1. The first-order chi connectivity index (χ1) is 14.7. The number of benzene rings is 1. The van der Waals surface area contributed by atoms with Crippen LogP contribution in [-0.2, 0) is 17.6 Å². The number of hydrogen-bond donors (Lipinski definition) is 1. The maximum absolute atomic E-state index is 12.8. The van der Waals surface area contributed by atoms with Crippen LogP contribution in [0.2, 0.25) is 0 Å². The minimum Gasteiger partial charge on any atom is -0.481 e. The predicted octanol–water partition coefficient (Wildman–Crippen LogP) is 3.25. The lowest BCUT2D eigenvalue weighted by Crippen LogP contribution is -2.39. The van der Waals surface area contributed by atoms with E-state index in [0.29, 0.717) is 11.7 Å². The second-order valence-electron chi connectivity index (χ2n) is 8.32. The third-order valence-electron chi connectivity index (χ3n) is 6.30. The van der Waals surface area contributed by atoms with Gasteiger partial charge in [0.2, 0.25) is 11.8 Å². The van der Waals surface area contributed by atoms with Gasteiger partial charge in [-0.15, -0.1) is 0 Å². The van der Waals surface area contributed by atoms with Crippen LogP contribution < -0.4 is 10.1 Å². The number of carbonyl (C=O) groups excluding carboxylic acids is 1. The van der Waals surface area contributed by atoms with E-state index in [4.69, 9.17) is 9.72 Å². The van der Waals surface area contributed by atoms with E-state index in [0.717, 1.165) is 68.7 Å². The summed E-state index contributed by atoms with van der Waals surface area (Å²) in [5.41, 5.74) is 3.06.